The highest BCUT2D eigenvalue weighted by Gasteiger charge is 2.21. The molecule has 0 aliphatic carbocycles. The van der Waals surface area contributed by atoms with Crippen LogP contribution in [-0.4, -0.2) is 36.9 Å². The first-order valence-corrected chi connectivity index (χ1v) is 11.6. The average Bonchev–Trinajstić information content (AvgIpc) is 3.53. The number of carboxylic acids is 1. The van der Waals surface area contributed by atoms with E-state index in [1.807, 2.05) is 78.5 Å². The van der Waals surface area contributed by atoms with Gasteiger partial charge in [0.15, 0.2) is 0 Å². The van der Waals surface area contributed by atoms with E-state index >= 15 is 0 Å². The van der Waals surface area contributed by atoms with Crippen LogP contribution in [0.25, 0.3) is 22.3 Å². The van der Waals surface area contributed by atoms with Gasteiger partial charge in [0.2, 0.25) is 5.88 Å². The Morgan fingerprint density at radius 3 is 2.14 bits per heavy atom. The number of hydrogen-bond donors (Lipinski definition) is 3. The molecular formula is C29H24N4O4. The minimum Gasteiger partial charge on any atom is -0.494 e. The second-order valence-corrected chi connectivity index (χ2v) is 8.68. The standard InChI is InChI=1S/C29H24N4O4/c1-18-5-11-22(12-6-18)33-25-14-13-23(32-15-3-4-16-32)17-24(25)26(28(33)35)19(2)30-31-27(34)20-7-9-21(10-8-20)29(36)37/h3-17,35H,1-2H3,(H,31,34)(H,36,37). The highest BCUT2D eigenvalue weighted by molar-refractivity contribution is 6.13. The number of carbonyl (C=O) groups excluding carboxylic acids is 1. The van der Waals surface area contributed by atoms with E-state index in [1.165, 1.54) is 24.3 Å². The van der Waals surface area contributed by atoms with Crippen molar-refractivity contribution in [1.29, 1.82) is 0 Å². The smallest absolute Gasteiger partial charge is 0.335 e. The van der Waals surface area contributed by atoms with Gasteiger partial charge in [0.25, 0.3) is 5.91 Å². The summed E-state index contributed by atoms with van der Waals surface area (Å²) in [6.07, 6.45) is 3.88. The summed E-state index contributed by atoms with van der Waals surface area (Å²) in [7, 11) is 0. The normalized spacial score (nSPS) is 11.6. The molecule has 0 radical (unpaired) electrons. The number of rotatable bonds is 6. The molecule has 2 aromatic heterocycles. The maximum Gasteiger partial charge on any atom is 0.335 e. The second kappa shape index (κ2) is 9.50. The van der Waals surface area contributed by atoms with Crippen molar-refractivity contribution in [3.05, 3.63) is 114 Å². The lowest BCUT2D eigenvalue weighted by molar-refractivity contribution is 0.0696. The lowest BCUT2D eigenvalue weighted by Crippen LogP contribution is -2.19. The van der Waals surface area contributed by atoms with Crippen LogP contribution in [0.3, 0.4) is 0 Å². The summed E-state index contributed by atoms with van der Waals surface area (Å²) in [6.45, 7) is 3.71. The van der Waals surface area contributed by atoms with E-state index in [0.717, 1.165) is 27.8 Å². The number of aryl methyl sites for hydroxylation is 1. The third-order valence-corrected chi connectivity index (χ3v) is 6.20. The first-order chi connectivity index (χ1) is 17.8. The SMILES string of the molecule is CC(=NNC(=O)c1ccc(C(=O)O)cc1)c1c(O)n(-c2ccc(C)cc2)c2ccc(-n3cccc3)cc12. The van der Waals surface area contributed by atoms with Crippen molar-refractivity contribution in [3.8, 4) is 17.3 Å². The number of hydrogen-bond acceptors (Lipinski definition) is 4. The van der Waals surface area contributed by atoms with Gasteiger partial charge in [0, 0.05) is 34.7 Å². The maximum absolute atomic E-state index is 12.6. The van der Waals surface area contributed by atoms with E-state index in [4.69, 9.17) is 5.11 Å². The van der Waals surface area contributed by atoms with Gasteiger partial charge in [-0.05, 0) is 80.6 Å². The Hall–Kier alpha value is -5.11. The summed E-state index contributed by atoms with van der Waals surface area (Å²) >= 11 is 0. The molecule has 0 atom stereocenters. The number of benzene rings is 3. The largest absolute Gasteiger partial charge is 0.494 e. The molecule has 8 heteroatoms. The average molecular weight is 493 g/mol. The molecule has 184 valence electrons. The van der Waals surface area contributed by atoms with Crippen LogP contribution in [0.4, 0.5) is 0 Å². The number of aromatic hydroxyl groups is 1. The molecule has 0 unspecified atom stereocenters. The Labute approximate surface area is 212 Å². The molecule has 5 rings (SSSR count). The molecule has 3 aromatic carbocycles. The van der Waals surface area contributed by atoms with Crippen LogP contribution in [0.2, 0.25) is 0 Å². The Balaban J connectivity index is 1.57. The van der Waals surface area contributed by atoms with Crippen molar-refractivity contribution in [2.24, 2.45) is 5.10 Å². The number of hydrazone groups is 1. The van der Waals surface area contributed by atoms with Crippen molar-refractivity contribution in [1.82, 2.24) is 14.6 Å². The third kappa shape index (κ3) is 4.48. The van der Waals surface area contributed by atoms with Crippen LogP contribution < -0.4 is 5.43 Å². The number of fused-ring (bicyclic) bond motifs is 1. The predicted octanol–water partition coefficient (Wildman–Crippen LogP) is 5.29. The number of nitrogens with one attached hydrogen (secondary N) is 1. The molecular weight excluding hydrogens is 468 g/mol. The third-order valence-electron chi connectivity index (χ3n) is 6.20. The zero-order valence-electron chi connectivity index (χ0n) is 20.2. The van der Waals surface area contributed by atoms with Gasteiger partial charge in [0.1, 0.15) is 0 Å². The molecule has 0 aliphatic rings. The summed E-state index contributed by atoms with van der Waals surface area (Å²) in [4.78, 5) is 23.7. The van der Waals surface area contributed by atoms with E-state index in [-0.39, 0.29) is 17.0 Å². The molecule has 0 bridgehead atoms. The highest BCUT2D eigenvalue weighted by atomic mass is 16.4. The number of amides is 1. The molecule has 2 heterocycles. The highest BCUT2D eigenvalue weighted by Crippen LogP contribution is 2.36. The first-order valence-electron chi connectivity index (χ1n) is 11.6. The van der Waals surface area contributed by atoms with Crippen LogP contribution in [0, 0.1) is 6.92 Å². The Bertz CT molecular complexity index is 1650. The minimum atomic E-state index is -1.07. The van der Waals surface area contributed by atoms with Gasteiger partial charge in [-0.25, -0.2) is 10.2 Å². The van der Waals surface area contributed by atoms with Gasteiger partial charge >= 0.3 is 5.97 Å². The van der Waals surface area contributed by atoms with Gasteiger partial charge in [-0.15, -0.1) is 0 Å². The van der Waals surface area contributed by atoms with Crippen molar-refractivity contribution >= 4 is 28.5 Å². The summed E-state index contributed by atoms with van der Waals surface area (Å²) in [5.74, 6) is -1.56. The Morgan fingerprint density at radius 2 is 1.49 bits per heavy atom. The summed E-state index contributed by atoms with van der Waals surface area (Å²) in [5, 5.41) is 25.5. The quantitative estimate of drug-likeness (QED) is 0.221. The fourth-order valence-electron chi connectivity index (χ4n) is 4.26. The van der Waals surface area contributed by atoms with E-state index in [0.29, 0.717) is 11.3 Å². The molecule has 0 aliphatic heterocycles. The van der Waals surface area contributed by atoms with Crippen LogP contribution in [0.5, 0.6) is 5.88 Å². The maximum atomic E-state index is 12.6. The van der Waals surface area contributed by atoms with Crippen LogP contribution in [-0.2, 0) is 0 Å². The lowest BCUT2D eigenvalue weighted by atomic mass is 10.1. The van der Waals surface area contributed by atoms with E-state index < -0.39 is 11.9 Å². The van der Waals surface area contributed by atoms with Gasteiger partial charge in [-0.3, -0.25) is 9.36 Å². The van der Waals surface area contributed by atoms with Crippen molar-refractivity contribution in [2.45, 2.75) is 13.8 Å². The number of aromatic carboxylic acids is 1. The zero-order valence-corrected chi connectivity index (χ0v) is 20.2. The van der Waals surface area contributed by atoms with Gasteiger partial charge < -0.3 is 14.8 Å². The van der Waals surface area contributed by atoms with E-state index in [1.54, 1.807) is 11.5 Å². The summed E-state index contributed by atoms with van der Waals surface area (Å²) in [5.41, 5.74) is 7.37. The van der Waals surface area contributed by atoms with Gasteiger partial charge in [0.05, 0.1) is 22.4 Å². The number of carbonyl (C=O) groups is 2. The molecule has 0 saturated carbocycles. The second-order valence-electron chi connectivity index (χ2n) is 8.68. The number of carboxylic acid groups (broad SMARTS) is 1. The Morgan fingerprint density at radius 1 is 0.865 bits per heavy atom. The Kier molecular flexibility index (Phi) is 6.07. The van der Waals surface area contributed by atoms with Crippen molar-refractivity contribution < 1.29 is 19.8 Å². The predicted molar refractivity (Wildman–Crippen MR) is 142 cm³/mol. The molecule has 3 N–H and O–H groups in total. The molecule has 0 spiro atoms. The van der Waals surface area contributed by atoms with Crippen LogP contribution >= 0.6 is 0 Å². The summed E-state index contributed by atoms with van der Waals surface area (Å²) < 4.78 is 3.73. The topological polar surface area (TPSA) is 109 Å². The van der Waals surface area contributed by atoms with Gasteiger partial charge in [-0.2, -0.15) is 5.10 Å². The first kappa shape index (κ1) is 23.6. The van der Waals surface area contributed by atoms with E-state index in [2.05, 4.69) is 10.5 Å². The minimum absolute atomic E-state index is 0.00446. The summed E-state index contributed by atoms with van der Waals surface area (Å²) in [6, 6.07) is 23.2. The van der Waals surface area contributed by atoms with Crippen LogP contribution in [0.1, 0.15) is 38.8 Å². The molecule has 1 amide bonds. The molecule has 0 fully saturated rings. The monoisotopic (exact) mass is 492 g/mol. The van der Waals surface area contributed by atoms with Gasteiger partial charge in [-0.1, -0.05) is 17.7 Å². The van der Waals surface area contributed by atoms with Crippen molar-refractivity contribution in [3.63, 3.8) is 0 Å². The number of aromatic nitrogens is 2. The number of nitrogens with zero attached hydrogens (tertiary/aromatic N) is 3. The molecule has 8 nitrogen and oxygen atoms in total. The van der Waals surface area contributed by atoms with Crippen molar-refractivity contribution in [2.75, 3.05) is 0 Å². The fourth-order valence-corrected chi connectivity index (χ4v) is 4.26. The fraction of sp³-hybridized carbons (Fsp3) is 0.0690. The zero-order chi connectivity index (χ0) is 26.1. The molecule has 37 heavy (non-hydrogen) atoms. The van der Waals surface area contributed by atoms with E-state index in [9.17, 15) is 14.7 Å². The molecule has 0 saturated heterocycles. The molecule has 5 aromatic rings. The lowest BCUT2D eigenvalue weighted by Gasteiger charge is -2.08. The van der Waals surface area contributed by atoms with Crippen LogP contribution in [0.15, 0.2) is 96.4 Å².